The molecular weight excluding hydrogens is 536 g/mol. The number of carbonyl (C=O) groups is 2. The summed E-state index contributed by atoms with van der Waals surface area (Å²) in [6, 6.07) is -0.0358. The van der Waals surface area contributed by atoms with Gasteiger partial charge in [-0.15, -0.1) is 0 Å². The smallest absolute Gasteiger partial charge is 0.249 e. The molecule has 3 fully saturated rings. The zero-order valence-corrected chi connectivity index (χ0v) is 28.1. The zero-order chi connectivity index (χ0) is 31.0. The summed E-state index contributed by atoms with van der Waals surface area (Å²) in [5, 5.41) is 21.0. The van der Waals surface area contributed by atoms with Gasteiger partial charge in [-0.3, -0.25) is 20.0 Å². The topological polar surface area (TPSA) is 89.9 Å². The predicted molar refractivity (Wildman–Crippen MR) is 175 cm³/mol. The monoisotopic (exact) mass is 603 g/mol. The molecule has 0 aliphatic heterocycles. The van der Waals surface area contributed by atoms with E-state index in [0.717, 1.165) is 37.2 Å². The molecule has 0 aromatic rings. The number of hydrogen-bond donors (Lipinski definition) is 3. The summed E-state index contributed by atoms with van der Waals surface area (Å²) >= 11 is 0. The third-order valence-electron chi connectivity index (χ3n) is 11.5. The summed E-state index contributed by atoms with van der Waals surface area (Å²) in [4.78, 5) is 24.9. The summed E-state index contributed by atoms with van der Waals surface area (Å²) in [7, 11) is 0. The van der Waals surface area contributed by atoms with Crippen LogP contribution in [0.25, 0.3) is 0 Å². The van der Waals surface area contributed by atoms with Gasteiger partial charge in [0.2, 0.25) is 11.8 Å². The minimum Gasteiger partial charge on any atom is -0.289 e. The molecule has 0 radical (unpaired) electrons. The number of allylic oxidation sites excluding steroid dienone is 1. The first-order valence-corrected chi connectivity index (χ1v) is 18.7. The number of nitrogens with zero attached hydrogens (tertiary/aromatic N) is 1. The Hall–Kier alpha value is -1.40. The number of hydrogen-bond acceptors (Lipinski definition) is 4. The van der Waals surface area contributed by atoms with Gasteiger partial charge in [0, 0.05) is 11.8 Å². The molecule has 3 saturated carbocycles. The van der Waals surface area contributed by atoms with E-state index < -0.39 is 0 Å². The van der Waals surface area contributed by atoms with E-state index in [1.807, 2.05) is 26.3 Å². The fraction of sp³-hybridized carbons (Fsp3) is 0.892. The molecule has 6 nitrogen and oxygen atoms in total. The molecule has 3 N–H and O–H groups in total. The molecule has 0 bridgehead atoms. The van der Waals surface area contributed by atoms with Gasteiger partial charge in [-0.25, -0.2) is 10.5 Å². The lowest BCUT2D eigenvalue weighted by molar-refractivity contribution is -0.180. The van der Waals surface area contributed by atoms with Crippen molar-refractivity contribution in [2.75, 3.05) is 0 Å². The molecule has 248 valence electrons. The molecule has 0 saturated heterocycles. The van der Waals surface area contributed by atoms with Crippen LogP contribution in [0.3, 0.4) is 0 Å². The lowest BCUT2D eigenvalue weighted by Crippen LogP contribution is -2.44. The summed E-state index contributed by atoms with van der Waals surface area (Å²) < 4.78 is 0. The van der Waals surface area contributed by atoms with Crippen LogP contribution in [0.1, 0.15) is 175 Å². The Kier molecular flexibility index (Phi) is 16.7. The molecule has 3 atom stereocenters. The highest BCUT2D eigenvalue weighted by Gasteiger charge is 2.37. The molecule has 5 aliphatic rings. The fourth-order valence-corrected chi connectivity index (χ4v) is 9.05. The molecule has 0 aromatic heterocycles. The van der Waals surface area contributed by atoms with E-state index in [1.165, 1.54) is 128 Å². The number of amides is 2. The summed E-state index contributed by atoms with van der Waals surface area (Å²) in [6.07, 6.45) is 29.0. The van der Waals surface area contributed by atoms with Crippen LogP contribution in [-0.2, 0) is 9.59 Å². The average Bonchev–Trinajstić information content (AvgIpc) is 3.47. The van der Waals surface area contributed by atoms with Gasteiger partial charge in [0.15, 0.2) is 0 Å². The SMILES string of the molecule is CC.CC(C(=O)N(O)C1CCCCC2=C1CCCC2)C1CCCCC1.O=C(NO)C(C1CCCCCC1)C1CCCCC1. The zero-order valence-electron chi connectivity index (χ0n) is 28.1. The largest absolute Gasteiger partial charge is 0.289 e. The lowest BCUT2D eigenvalue weighted by Gasteiger charge is -2.35. The summed E-state index contributed by atoms with van der Waals surface area (Å²) in [5.74, 6) is 1.37. The molecule has 5 rings (SSSR count). The second-order valence-electron chi connectivity index (χ2n) is 14.1. The van der Waals surface area contributed by atoms with Gasteiger partial charge in [-0.1, -0.05) is 97.0 Å². The van der Waals surface area contributed by atoms with Crippen molar-refractivity contribution in [2.45, 2.75) is 181 Å². The Morgan fingerprint density at radius 3 is 1.58 bits per heavy atom. The van der Waals surface area contributed by atoms with Crippen LogP contribution in [0.5, 0.6) is 0 Å². The van der Waals surface area contributed by atoms with Crippen molar-refractivity contribution in [1.82, 2.24) is 10.5 Å². The molecule has 0 aromatic carbocycles. The molecule has 0 spiro atoms. The highest BCUT2D eigenvalue weighted by molar-refractivity contribution is 5.78. The van der Waals surface area contributed by atoms with Crippen LogP contribution >= 0.6 is 0 Å². The van der Waals surface area contributed by atoms with E-state index in [1.54, 1.807) is 5.57 Å². The van der Waals surface area contributed by atoms with Gasteiger partial charge in [0.1, 0.15) is 0 Å². The molecule has 6 heteroatoms. The molecule has 2 amide bonds. The molecule has 5 aliphatic carbocycles. The van der Waals surface area contributed by atoms with Crippen molar-refractivity contribution >= 4 is 11.8 Å². The van der Waals surface area contributed by atoms with Gasteiger partial charge in [0.05, 0.1) is 6.04 Å². The molecule has 0 heterocycles. The predicted octanol–water partition coefficient (Wildman–Crippen LogP) is 9.92. The third-order valence-corrected chi connectivity index (χ3v) is 11.5. The Morgan fingerprint density at radius 1 is 0.651 bits per heavy atom. The minimum atomic E-state index is -0.117. The first-order valence-electron chi connectivity index (χ1n) is 18.7. The number of rotatable bonds is 6. The minimum absolute atomic E-state index is 0.0266. The number of carbonyl (C=O) groups excluding carboxylic acids is 2. The van der Waals surface area contributed by atoms with E-state index in [9.17, 15) is 14.8 Å². The van der Waals surface area contributed by atoms with Crippen molar-refractivity contribution < 1.29 is 20.0 Å². The Morgan fingerprint density at radius 2 is 1.07 bits per heavy atom. The molecule has 3 unspecified atom stereocenters. The first kappa shape index (κ1) is 36.1. The van der Waals surface area contributed by atoms with E-state index in [4.69, 9.17) is 5.21 Å². The van der Waals surface area contributed by atoms with Gasteiger partial charge >= 0.3 is 0 Å². The van der Waals surface area contributed by atoms with Crippen LogP contribution in [-0.4, -0.2) is 33.3 Å². The van der Waals surface area contributed by atoms with Gasteiger partial charge < -0.3 is 0 Å². The molecular formula is C37H66N2O4. The van der Waals surface area contributed by atoms with E-state index in [-0.39, 0.29) is 29.7 Å². The van der Waals surface area contributed by atoms with Gasteiger partial charge in [0.25, 0.3) is 0 Å². The van der Waals surface area contributed by atoms with Crippen LogP contribution in [0.15, 0.2) is 11.1 Å². The second-order valence-corrected chi connectivity index (χ2v) is 14.1. The van der Waals surface area contributed by atoms with Crippen molar-refractivity contribution in [3.05, 3.63) is 11.1 Å². The number of nitrogens with one attached hydrogen (secondary N) is 1. The third kappa shape index (κ3) is 10.6. The maximum atomic E-state index is 12.9. The second kappa shape index (κ2) is 19.9. The lowest BCUT2D eigenvalue weighted by atomic mass is 9.71. The van der Waals surface area contributed by atoms with Gasteiger partial charge in [-0.2, -0.15) is 0 Å². The van der Waals surface area contributed by atoms with E-state index in [2.05, 4.69) is 0 Å². The van der Waals surface area contributed by atoms with Crippen molar-refractivity contribution in [2.24, 2.45) is 29.6 Å². The van der Waals surface area contributed by atoms with Crippen LogP contribution < -0.4 is 5.48 Å². The Labute approximate surface area is 263 Å². The van der Waals surface area contributed by atoms with Crippen molar-refractivity contribution in [3.8, 4) is 0 Å². The van der Waals surface area contributed by atoms with Crippen molar-refractivity contribution in [3.63, 3.8) is 0 Å². The number of hydroxylamine groups is 3. The first-order chi connectivity index (χ1) is 21.0. The van der Waals surface area contributed by atoms with Crippen LogP contribution in [0, 0.1) is 29.6 Å². The maximum Gasteiger partial charge on any atom is 0.249 e. The Balaban J connectivity index is 0.000000229. The van der Waals surface area contributed by atoms with Crippen molar-refractivity contribution in [1.29, 1.82) is 0 Å². The normalized spacial score (nSPS) is 25.7. The highest BCUT2D eigenvalue weighted by atomic mass is 16.5. The van der Waals surface area contributed by atoms with E-state index in [0.29, 0.717) is 17.8 Å². The van der Waals surface area contributed by atoms with Crippen LogP contribution in [0.2, 0.25) is 0 Å². The quantitative estimate of drug-likeness (QED) is 0.122. The standard InChI is InChI=1S/C20H33NO2.C15H27NO2.C2H6/c1-15(16-9-3-2-4-10-16)20(22)21(23)19-14-8-6-12-17-11-5-7-13-18(17)19;17-15(16-18)14(13-10-6-3-7-11-13)12-8-4-1-2-5-9-12;1-2/h15-16,19,23H,2-14H2,1H3;12-14,18H,1-11H2,(H,16,17);1-2H3. The maximum absolute atomic E-state index is 12.9. The van der Waals surface area contributed by atoms with Crippen LogP contribution in [0.4, 0.5) is 0 Å². The van der Waals surface area contributed by atoms with Gasteiger partial charge in [-0.05, 0) is 107 Å². The Bertz CT molecular complexity index is 838. The average molecular weight is 603 g/mol. The highest BCUT2D eigenvalue weighted by Crippen LogP contribution is 2.40. The summed E-state index contributed by atoms with van der Waals surface area (Å²) in [5.41, 5.74) is 4.90. The van der Waals surface area contributed by atoms with E-state index >= 15 is 0 Å². The molecule has 43 heavy (non-hydrogen) atoms. The summed E-state index contributed by atoms with van der Waals surface area (Å²) in [6.45, 7) is 6.04. The fourth-order valence-electron chi connectivity index (χ4n) is 9.05.